The number of benzene rings is 2. The Morgan fingerprint density at radius 1 is 1.00 bits per heavy atom. The predicted molar refractivity (Wildman–Crippen MR) is 130 cm³/mol. The summed E-state index contributed by atoms with van der Waals surface area (Å²) in [5, 5.41) is 4.47. The number of amides is 1. The van der Waals surface area contributed by atoms with Crippen LogP contribution >= 0.6 is 11.8 Å². The van der Waals surface area contributed by atoms with Gasteiger partial charge in [-0.2, -0.15) is 4.31 Å². The van der Waals surface area contributed by atoms with Gasteiger partial charge < -0.3 is 5.32 Å². The minimum atomic E-state index is -3.47. The number of fused-ring (bicyclic) bond motifs is 1. The van der Waals surface area contributed by atoms with Crippen molar-refractivity contribution in [3.8, 4) is 0 Å². The summed E-state index contributed by atoms with van der Waals surface area (Å²) >= 11 is 1.36. The fraction of sp³-hybridized carbons (Fsp3) is 0.333. The van der Waals surface area contributed by atoms with Crippen molar-refractivity contribution >= 4 is 44.3 Å². The van der Waals surface area contributed by atoms with Crippen molar-refractivity contribution in [1.29, 1.82) is 0 Å². The Morgan fingerprint density at radius 3 is 2.47 bits per heavy atom. The van der Waals surface area contributed by atoms with E-state index in [-0.39, 0.29) is 11.7 Å². The lowest BCUT2D eigenvalue weighted by atomic mass is 10.1. The summed E-state index contributed by atoms with van der Waals surface area (Å²) in [6.45, 7) is 7.16. The van der Waals surface area contributed by atoms with Crippen LogP contribution < -0.4 is 5.32 Å². The number of nitrogens with one attached hydrogen (secondary N) is 1. The first kappa shape index (κ1) is 22.8. The summed E-state index contributed by atoms with van der Waals surface area (Å²) in [4.78, 5) is 17.3. The zero-order valence-electron chi connectivity index (χ0n) is 18.5. The summed E-state index contributed by atoms with van der Waals surface area (Å²) in [7, 11) is -3.47. The van der Waals surface area contributed by atoms with Crippen molar-refractivity contribution in [3.05, 3.63) is 59.2 Å². The third kappa shape index (κ3) is 4.82. The van der Waals surface area contributed by atoms with E-state index in [1.807, 2.05) is 45.0 Å². The van der Waals surface area contributed by atoms with Gasteiger partial charge in [0.2, 0.25) is 15.9 Å². The maximum Gasteiger partial charge on any atom is 0.243 e. The summed E-state index contributed by atoms with van der Waals surface area (Å²) in [5.41, 5.74) is 4.76. The van der Waals surface area contributed by atoms with Gasteiger partial charge in [-0.3, -0.25) is 4.79 Å². The highest BCUT2D eigenvalue weighted by atomic mass is 32.2. The standard InChI is InChI=1S/C24H27N3O3S2/c1-16-6-7-19(12-17(16)2)25-23(28)15-31-24-13-18(3)21-14-20(8-9-22(21)26-24)32(29,30)27-10-4-5-11-27/h6-9,12-14H,4-5,10-11,15H2,1-3H3,(H,25,28). The van der Waals surface area contributed by atoms with E-state index < -0.39 is 10.0 Å². The number of aromatic nitrogens is 1. The monoisotopic (exact) mass is 469 g/mol. The Bertz CT molecular complexity index is 1280. The lowest BCUT2D eigenvalue weighted by Gasteiger charge is -2.16. The lowest BCUT2D eigenvalue weighted by Crippen LogP contribution is -2.27. The first-order valence-electron chi connectivity index (χ1n) is 10.7. The number of anilines is 1. The summed E-state index contributed by atoms with van der Waals surface area (Å²) in [6, 6.07) is 12.9. The number of thioether (sulfide) groups is 1. The molecule has 0 saturated carbocycles. The summed E-state index contributed by atoms with van der Waals surface area (Å²) in [6.07, 6.45) is 1.82. The van der Waals surface area contributed by atoms with Gasteiger partial charge >= 0.3 is 0 Å². The first-order valence-corrected chi connectivity index (χ1v) is 13.1. The number of hydrogen-bond donors (Lipinski definition) is 1. The van der Waals surface area contributed by atoms with Crippen LogP contribution in [0.3, 0.4) is 0 Å². The number of nitrogens with zero attached hydrogens (tertiary/aromatic N) is 2. The van der Waals surface area contributed by atoms with Gasteiger partial charge in [-0.25, -0.2) is 13.4 Å². The average molecular weight is 470 g/mol. The van der Waals surface area contributed by atoms with Crippen molar-refractivity contribution in [2.75, 3.05) is 24.2 Å². The fourth-order valence-electron chi connectivity index (χ4n) is 3.81. The minimum absolute atomic E-state index is 0.0927. The highest BCUT2D eigenvalue weighted by Gasteiger charge is 2.27. The van der Waals surface area contributed by atoms with Crippen molar-refractivity contribution in [2.24, 2.45) is 0 Å². The topological polar surface area (TPSA) is 79.4 Å². The largest absolute Gasteiger partial charge is 0.325 e. The first-order chi connectivity index (χ1) is 15.2. The van der Waals surface area contributed by atoms with Gasteiger partial charge in [-0.05, 0) is 86.7 Å². The van der Waals surface area contributed by atoms with E-state index in [0.717, 1.165) is 45.6 Å². The molecule has 1 fully saturated rings. The molecular formula is C24H27N3O3S2. The predicted octanol–water partition coefficient (Wildman–Crippen LogP) is 4.68. The molecule has 0 atom stereocenters. The normalized spacial score (nSPS) is 14.7. The van der Waals surface area contributed by atoms with Gasteiger partial charge in [-0.1, -0.05) is 17.8 Å². The van der Waals surface area contributed by atoms with Crippen LogP contribution in [0.5, 0.6) is 0 Å². The smallest absolute Gasteiger partial charge is 0.243 e. The van der Waals surface area contributed by atoms with Crippen LogP contribution in [0.4, 0.5) is 5.69 Å². The van der Waals surface area contributed by atoms with E-state index in [4.69, 9.17) is 0 Å². The zero-order valence-corrected chi connectivity index (χ0v) is 20.1. The van der Waals surface area contributed by atoms with Crippen LogP contribution in [0.25, 0.3) is 10.9 Å². The second-order valence-corrected chi connectivity index (χ2v) is 11.1. The molecule has 2 aromatic carbocycles. The zero-order chi connectivity index (χ0) is 22.9. The number of sulfonamides is 1. The molecule has 0 bridgehead atoms. The molecule has 3 aromatic rings. The van der Waals surface area contributed by atoms with Gasteiger partial charge in [0.25, 0.3) is 0 Å². The molecule has 2 heterocycles. The molecular weight excluding hydrogens is 442 g/mol. The third-order valence-electron chi connectivity index (χ3n) is 5.81. The Labute approximate surface area is 193 Å². The van der Waals surface area contributed by atoms with Crippen molar-refractivity contribution in [3.63, 3.8) is 0 Å². The molecule has 1 saturated heterocycles. The van der Waals surface area contributed by atoms with Crippen LogP contribution in [0, 0.1) is 20.8 Å². The van der Waals surface area contributed by atoms with Gasteiger partial charge in [0.15, 0.2) is 0 Å². The fourth-order valence-corrected chi connectivity index (χ4v) is 6.13. The summed E-state index contributed by atoms with van der Waals surface area (Å²) in [5.74, 6) is 0.150. The molecule has 0 radical (unpaired) electrons. The molecule has 8 heteroatoms. The third-order valence-corrected chi connectivity index (χ3v) is 8.61. The number of carbonyl (C=O) groups is 1. The van der Waals surface area contributed by atoms with Crippen molar-refractivity contribution < 1.29 is 13.2 Å². The molecule has 0 aliphatic carbocycles. The molecule has 32 heavy (non-hydrogen) atoms. The lowest BCUT2D eigenvalue weighted by molar-refractivity contribution is -0.113. The minimum Gasteiger partial charge on any atom is -0.325 e. The number of hydrogen-bond acceptors (Lipinski definition) is 5. The van der Waals surface area contributed by atoms with Crippen LogP contribution in [-0.2, 0) is 14.8 Å². The quantitative estimate of drug-likeness (QED) is 0.531. The van der Waals surface area contributed by atoms with Crippen molar-refractivity contribution in [2.45, 2.75) is 43.5 Å². The van der Waals surface area contributed by atoms with Gasteiger partial charge in [-0.15, -0.1) is 0 Å². The number of rotatable bonds is 6. The van der Waals surface area contributed by atoms with E-state index in [2.05, 4.69) is 10.3 Å². The van der Waals surface area contributed by atoms with Crippen LogP contribution in [0.2, 0.25) is 0 Å². The average Bonchev–Trinajstić information content (AvgIpc) is 3.31. The van der Waals surface area contributed by atoms with Crippen molar-refractivity contribution in [1.82, 2.24) is 9.29 Å². The van der Waals surface area contributed by atoms with E-state index in [1.54, 1.807) is 22.5 Å². The number of carbonyl (C=O) groups excluding carboxylic acids is 1. The Kier molecular flexibility index (Phi) is 6.55. The molecule has 6 nitrogen and oxygen atoms in total. The molecule has 1 aromatic heterocycles. The van der Waals surface area contributed by atoms with E-state index in [1.165, 1.54) is 17.3 Å². The van der Waals surface area contributed by atoms with Crippen LogP contribution in [0.15, 0.2) is 52.4 Å². The molecule has 1 aliphatic rings. The second-order valence-electron chi connectivity index (χ2n) is 8.20. The molecule has 1 N–H and O–H groups in total. The van der Waals surface area contributed by atoms with Crippen LogP contribution in [-0.4, -0.2) is 42.5 Å². The Morgan fingerprint density at radius 2 is 1.75 bits per heavy atom. The number of pyridine rings is 1. The SMILES string of the molecule is Cc1ccc(NC(=O)CSc2cc(C)c3cc(S(=O)(=O)N4CCCC4)ccc3n2)cc1C. The van der Waals surface area contributed by atoms with Crippen LogP contribution in [0.1, 0.15) is 29.5 Å². The molecule has 4 rings (SSSR count). The highest BCUT2D eigenvalue weighted by molar-refractivity contribution is 7.99. The molecule has 0 unspecified atom stereocenters. The van der Waals surface area contributed by atoms with E-state index in [9.17, 15) is 13.2 Å². The summed E-state index contributed by atoms with van der Waals surface area (Å²) < 4.78 is 27.3. The highest BCUT2D eigenvalue weighted by Crippen LogP contribution is 2.28. The molecule has 0 spiro atoms. The number of aryl methyl sites for hydroxylation is 3. The Hall–Kier alpha value is -2.42. The van der Waals surface area contributed by atoms with Gasteiger partial charge in [0.1, 0.15) is 0 Å². The molecule has 168 valence electrons. The molecule has 1 amide bonds. The van der Waals surface area contributed by atoms with Gasteiger partial charge in [0.05, 0.1) is 21.2 Å². The maximum absolute atomic E-state index is 12.9. The van der Waals surface area contributed by atoms with Gasteiger partial charge in [0, 0.05) is 24.2 Å². The maximum atomic E-state index is 12.9. The second kappa shape index (κ2) is 9.21. The van der Waals surface area contributed by atoms with E-state index in [0.29, 0.717) is 18.0 Å². The Balaban J connectivity index is 1.48. The van der Waals surface area contributed by atoms with E-state index >= 15 is 0 Å². The molecule has 1 aliphatic heterocycles.